The van der Waals surface area contributed by atoms with Crippen LogP contribution in [-0.4, -0.2) is 43.8 Å². The third-order valence-corrected chi connectivity index (χ3v) is 3.57. The van der Waals surface area contributed by atoms with Crippen molar-refractivity contribution in [2.24, 2.45) is 0 Å². The SMILES string of the molecule is CCCCOC(=O)N1CCN(c2ccc(N)cc2F)CC1. The number of unbranched alkanes of at least 4 members (excludes halogenated alkanes) is 1. The van der Waals surface area contributed by atoms with Crippen LogP contribution in [0.15, 0.2) is 18.2 Å². The zero-order valence-corrected chi connectivity index (χ0v) is 12.3. The first kappa shape index (κ1) is 15.4. The van der Waals surface area contributed by atoms with E-state index in [1.54, 1.807) is 17.0 Å². The van der Waals surface area contributed by atoms with Crippen LogP contribution in [0, 0.1) is 5.82 Å². The first-order valence-corrected chi connectivity index (χ1v) is 7.33. The van der Waals surface area contributed by atoms with Gasteiger partial charge in [-0.2, -0.15) is 0 Å². The molecule has 2 N–H and O–H groups in total. The Hall–Kier alpha value is -1.98. The number of nitrogens with two attached hydrogens (primary N) is 1. The second kappa shape index (κ2) is 7.15. The Morgan fingerprint density at radius 2 is 2.05 bits per heavy atom. The number of amides is 1. The molecule has 0 radical (unpaired) electrons. The van der Waals surface area contributed by atoms with Gasteiger partial charge >= 0.3 is 6.09 Å². The van der Waals surface area contributed by atoms with Gasteiger partial charge in [0.1, 0.15) is 5.82 Å². The lowest BCUT2D eigenvalue weighted by Gasteiger charge is -2.35. The van der Waals surface area contributed by atoms with Crippen LogP contribution in [0.3, 0.4) is 0 Å². The van der Waals surface area contributed by atoms with Crippen LogP contribution < -0.4 is 10.6 Å². The Morgan fingerprint density at radius 3 is 2.67 bits per heavy atom. The number of nitrogen functional groups attached to an aromatic ring is 1. The summed E-state index contributed by atoms with van der Waals surface area (Å²) in [5, 5.41) is 0. The van der Waals surface area contributed by atoms with Crippen molar-refractivity contribution in [2.75, 3.05) is 43.4 Å². The summed E-state index contributed by atoms with van der Waals surface area (Å²) in [6.07, 6.45) is 1.60. The predicted molar refractivity (Wildman–Crippen MR) is 80.9 cm³/mol. The van der Waals surface area contributed by atoms with Gasteiger partial charge in [-0.1, -0.05) is 13.3 Å². The highest BCUT2D eigenvalue weighted by Gasteiger charge is 2.23. The summed E-state index contributed by atoms with van der Waals surface area (Å²) in [6.45, 7) is 4.76. The van der Waals surface area contributed by atoms with Crippen molar-refractivity contribution >= 4 is 17.5 Å². The molecular weight excluding hydrogens is 273 g/mol. The maximum atomic E-state index is 13.9. The Morgan fingerprint density at radius 1 is 1.33 bits per heavy atom. The first-order chi connectivity index (χ1) is 10.1. The second-order valence-electron chi connectivity index (χ2n) is 5.15. The molecule has 0 unspecified atom stereocenters. The molecule has 6 heteroatoms. The molecule has 2 rings (SSSR count). The van der Waals surface area contributed by atoms with Gasteiger partial charge in [0.05, 0.1) is 12.3 Å². The van der Waals surface area contributed by atoms with Crippen molar-refractivity contribution in [1.29, 1.82) is 0 Å². The van der Waals surface area contributed by atoms with Crippen LogP contribution in [0.4, 0.5) is 20.6 Å². The van der Waals surface area contributed by atoms with Crippen molar-refractivity contribution < 1.29 is 13.9 Å². The molecule has 0 saturated carbocycles. The Balaban J connectivity index is 1.86. The molecule has 21 heavy (non-hydrogen) atoms. The quantitative estimate of drug-likeness (QED) is 0.685. The number of nitrogens with zero attached hydrogens (tertiary/aromatic N) is 2. The molecular formula is C15H22FN3O2. The van der Waals surface area contributed by atoms with E-state index in [0.29, 0.717) is 44.2 Å². The number of hydrogen-bond donors (Lipinski definition) is 1. The maximum absolute atomic E-state index is 13.9. The van der Waals surface area contributed by atoms with Crippen LogP contribution in [-0.2, 0) is 4.74 Å². The standard InChI is InChI=1S/C15H22FN3O2/c1-2-3-10-21-15(20)19-8-6-18(7-9-19)14-5-4-12(17)11-13(14)16/h4-5,11H,2-3,6-10,17H2,1H3. The van der Waals surface area contributed by atoms with Gasteiger partial charge in [0, 0.05) is 31.9 Å². The highest BCUT2D eigenvalue weighted by molar-refractivity contribution is 5.68. The van der Waals surface area contributed by atoms with Crippen LogP contribution in [0.25, 0.3) is 0 Å². The number of ether oxygens (including phenoxy) is 1. The van der Waals surface area contributed by atoms with Gasteiger partial charge in [0.2, 0.25) is 0 Å². The Labute approximate surface area is 124 Å². The summed E-state index contributed by atoms with van der Waals surface area (Å²) in [7, 11) is 0. The van der Waals surface area contributed by atoms with Gasteiger partial charge in [-0.3, -0.25) is 0 Å². The van der Waals surface area contributed by atoms with Gasteiger partial charge in [-0.15, -0.1) is 0 Å². The minimum Gasteiger partial charge on any atom is -0.449 e. The van der Waals surface area contributed by atoms with Gasteiger partial charge in [0.15, 0.2) is 0 Å². The fourth-order valence-electron chi connectivity index (χ4n) is 2.30. The van der Waals surface area contributed by atoms with Crippen molar-refractivity contribution in [1.82, 2.24) is 4.90 Å². The highest BCUT2D eigenvalue weighted by atomic mass is 19.1. The number of anilines is 2. The van der Waals surface area contributed by atoms with Crippen molar-refractivity contribution in [3.05, 3.63) is 24.0 Å². The number of halogens is 1. The molecule has 1 aliphatic heterocycles. The van der Waals surface area contributed by atoms with E-state index in [9.17, 15) is 9.18 Å². The minimum absolute atomic E-state index is 0.277. The maximum Gasteiger partial charge on any atom is 0.409 e. The van der Waals surface area contributed by atoms with Gasteiger partial charge in [-0.05, 0) is 24.6 Å². The molecule has 1 saturated heterocycles. The van der Waals surface area contributed by atoms with E-state index in [1.165, 1.54) is 6.07 Å². The predicted octanol–water partition coefficient (Wildman–Crippen LogP) is 2.47. The van der Waals surface area contributed by atoms with E-state index in [1.807, 2.05) is 11.8 Å². The summed E-state index contributed by atoms with van der Waals surface area (Å²) in [6, 6.07) is 4.68. The Bertz CT molecular complexity index is 488. The van der Waals surface area contributed by atoms with Crippen molar-refractivity contribution in [2.45, 2.75) is 19.8 Å². The first-order valence-electron chi connectivity index (χ1n) is 7.33. The fourth-order valence-corrected chi connectivity index (χ4v) is 2.30. The number of carbonyl (C=O) groups excluding carboxylic acids is 1. The monoisotopic (exact) mass is 295 g/mol. The molecule has 1 fully saturated rings. The summed E-state index contributed by atoms with van der Waals surface area (Å²) in [5.74, 6) is -0.325. The largest absolute Gasteiger partial charge is 0.449 e. The van der Waals surface area contributed by atoms with Gasteiger partial charge in [0.25, 0.3) is 0 Å². The smallest absolute Gasteiger partial charge is 0.409 e. The molecule has 1 heterocycles. The molecule has 1 aromatic rings. The van der Waals surface area contributed by atoms with E-state index < -0.39 is 0 Å². The molecule has 0 atom stereocenters. The molecule has 1 aromatic carbocycles. The minimum atomic E-state index is -0.325. The van der Waals surface area contributed by atoms with Crippen LogP contribution in [0.1, 0.15) is 19.8 Å². The molecule has 1 aliphatic rings. The molecule has 1 amide bonds. The normalized spacial score (nSPS) is 15.1. The number of rotatable bonds is 4. The zero-order valence-electron chi connectivity index (χ0n) is 12.3. The summed E-state index contributed by atoms with van der Waals surface area (Å²) in [4.78, 5) is 15.4. The third-order valence-electron chi connectivity index (χ3n) is 3.57. The fraction of sp³-hybridized carbons (Fsp3) is 0.533. The van der Waals surface area contributed by atoms with E-state index in [0.717, 1.165) is 12.8 Å². The zero-order chi connectivity index (χ0) is 15.2. The lowest BCUT2D eigenvalue weighted by atomic mass is 10.2. The summed E-state index contributed by atoms with van der Waals surface area (Å²) in [5.41, 5.74) is 6.49. The highest BCUT2D eigenvalue weighted by Crippen LogP contribution is 2.22. The molecule has 0 aromatic heterocycles. The summed E-state index contributed by atoms with van der Waals surface area (Å²) < 4.78 is 19.0. The van der Waals surface area contributed by atoms with Gasteiger partial charge in [-0.25, -0.2) is 9.18 Å². The van der Waals surface area contributed by atoms with Crippen molar-refractivity contribution in [3.8, 4) is 0 Å². The van der Waals surface area contributed by atoms with E-state index in [4.69, 9.17) is 10.5 Å². The van der Waals surface area contributed by atoms with E-state index in [-0.39, 0.29) is 11.9 Å². The molecule has 0 spiro atoms. The van der Waals surface area contributed by atoms with Crippen LogP contribution in [0.5, 0.6) is 0 Å². The van der Waals surface area contributed by atoms with Crippen LogP contribution in [0.2, 0.25) is 0 Å². The number of carbonyl (C=O) groups is 1. The number of piperazine rings is 1. The Kier molecular flexibility index (Phi) is 5.25. The van der Waals surface area contributed by atoms with E-state index >= 15 is 0 Å². The average molecular weight is 295 g/mol. The summed E-state index contributed by atoms with van der Waals surface area (Å²) >= 11 is 0. The molecule has 5 nitrogen and oxygen atoms in total. The lowest BCUT2D eigenvalue weighted by Crippen LogP contribution is -2.49. The topological polar surface area (TPSA) is 58.8 Å². The van der Waals surface area contributed by atoms with Gasteiger partial charge < -0.3 is 20.3 Å². The van der Waals surface area contributed by atoms with Crippen LogP contribution >= 0.6 is 0 Å². The molecule has 0 aliphatic carbocycles. The third kappa shape index (κ3) is 4.00. The second-order valence-corrected chi connectivity index (χ2v) is 5.15. The number of hydrogen-bond acceptors (Lipinski definition) is 4. The lowest BCUT2D eigenvalue weighted by molar-refractivity contribution is 0.0989. The van der Waals surface area contributed by atoms with E-state index in [2.05, 4.69) is 0 Å². The number of benzene rings is 1. The average Bonchev–Trinajstić information content (AvgIpc) is 2.48. The van der Waals surface area contributed by atoms with Crippen molar-refractivity contribution in [3.63, 3.8) is 0 Å². The molecule has 116 valence electrons. The molecule has 0 bridgehead atoms.